The van der Waals surface area contributed by atoms with Crippen LogP contribution in [0.15, 0.2) is 4.99 Å². The van der Waals surface area contributed by atoms with Gasteiger partial charge in [-0.1, -0.05) is 27.7 Å². The van der Waals surface area contributed by atoms with E-state index in [-0.39, 0.29) is 11.8 Å². The lowest BCUT2D eigenvalue weighted by Gasteiger charge is -2.21. The Hall–Kier alpha value is -1.20. The molecule has 0 aromatic rings. The Labute approximate surface area is 153 Å². The number of nitriles is 1. The smallest absolute Gasteiger partial charge is 0.252 e. The van der Waals surface area contributed by atoms with Gasteiger partial charge < -0.3 is 5.73 Å². The SMILES string of the molecule is CC(C)(CCSCCSCCC(C)(C)C(=O)NC#N)C(=O)N=CN. The van der Waals surface area contributed by atoms with E-state index < -0.39 is 10.8 Å². The number of nitrogens with one attached hydrogen (secondary N) is 1. The highest BCUT2D eigenvalue weighted by atomic mass is 32.2. The van der Waals surface area contributed by atoms with Crippen LogP contribution in [0.25, 0.3) is 0 Å². The van der Waals surface area contributed by atoms with Gasteiger partial charge in [0.2, 0.25) is 5.91 Å². The first-order valence-electron chi connectivity index (χ1n) is 7.81. The van der Waals surface area contributed by atoms with Crippen molar-refractivity contribution in [2.45, 2.75) is 40.5 Å². The molecule has 2 amide bonds. The molecule has 0 rings (SSSR count). The lowest BCUT2D eigenvalue weighted by Crippen LogP contribution is -2.34. The van der Waals surface area contributed by atoms with E-state index in [1.807, 2.05) is 39.5 Å². The molecule has 0 fully saturated rings. The van der Waals surface area contributed by atoms with Gasteiger partial charge in [-0.3, -0.25) is 14.9 Å². The molecule has 0 bridgehead atoms. The highest BCUT2D eigenvalue weighted by Gasteiger charge is 2.27. The zero-order valence-corrected chi connectivity index (χ0v) is 16.6. The standard InChI is InChI=1S/C16H28N4O2S2/c1-15(2,13(21)19-11-17)5-7-23-9-10-24-8-6-16(3,4)14(22)20-12-18/h11H,5-10H2,1-4H3,(H,20,22)(H2,17,19,21). The number of hydrogen-bond acceptors (Lipinski definition) is 5. The van der Waals surface area contributed by atoms with Crippen LogP contribution in [0.2, 0.25) is 0 Å². The van der Waals surface area contributed by atoms with Crippen molar-refractivity contribution in [2.24, 2.45) is 21.6 Å². The van der Waals surface area contributed by atoms with Gasteiger partial charge in [0.05, 0.1) is 6.34 Å². The molecule has 0 saturated heterocycles. The van der Waals surface area contributed by atoms with E-state index in [9.17, 15) is 9.59 Å². The van der Waals surface area contributed by atoms with Crippen LogP contribution in [0.3, 0.4) is 0 Å². The van der Waals surface area contributed by atoms with Crippen molar-refractivity contribution in [2.75, 3.05) is 23.0 Å². The van der Waals surface area contributed by atoms with Crippen LogP contribution in [-0.2, 0) is 9.59 Å². The van der Waals surface area contributed by atoms with E-state index in [0.717, 1.165) is 42.2 Å². The molecule has 0 radical (unpaired) electrons. The predicted molar refractivity (Wildman–Crippen MR) is 103 cm³/mol. The minimum absolute atomic E-state index is 0.183. The zero-order valence-electron chi connectivity index (χ0n) is 14.9. The molecule has 0 aromatic carbocycles. The third kappa shape index (κ3) is 9.18. The number of hydrogen-bond donors (Lipinski definition) is 2. The van der Waals surface area contributed by atoms with E-state index in [1.54, 1.807) is 18.0 Å². The third-order valence-electron chi connectivity index (χ3n) is 3.67. The maximum atomic E-state index is 11.7. The molecular weight excluding hydrogens is 344 g/mol. The summed E-state index contributed by atoms with van der Waals surface area (Å²) in [4.78, 5) is 27.0. The van der Waals surface area contributed by atoms with Crippen LogP contribution in [-0.4, -0.2) is 41.2 Å². The topological polar surface area (TPSA) is 108 Å². The normalized spacial score (nSPS) is 12.1. The highest BCUT2D eigenvalue weighted by Crippen LogP contribution is 2.26. The molecule has 0 heterocycles. The quantitative estimate of drug-likeness (QED) is 0.189. The lowest BCUT2D eigenvalue weighted by atomic mass is 9.89. The molecule has 0 aliphatic rings. The van der Waals surface area contributed by atoms with Gasteiger partial charge in [-0.15, -0.1) is 0 Å². The van der Waals surface area contributed by atoms with E-state index in [0.29, 0.717) is 0 Å². The highest BCUT2D eigenvalue weighted by molar-refractivity contribution is 8.02. The molecule has 0 atom stereocenters. The van der Waals surface area contributed by atoms with Gasteiger partial charge in [0.25, 0.3) is 5.91 Å². The number of amides is 2. The van der Waals surface area contributed by atoms with Crippen molar-refractivity contribution in [1.29, 1.82) is 5.26 Å². The van der Waals surface area contributed by atoms with Crippen molar-refractivity contribution in [3.8, 4) is 6.19 Å². The number of nitrogens with zero attached hydrogens (tertiary/aromatic N) is 2. The maximum Gasteiger partial charge on any atom is 0.252 e. The largest absolute Gasteiger partial charge is 0.390 e. The van der Waals surface area contributed by atoms with Crippen molar-refractivity contribution < 1.29 is 9.59 Å². The lowest BCUT2D eigenvalue weighted by molar-refractivity contribution is -0.128. The molecule has 136 valence electrons. The minimum atomic E-state index is -0.524. The van der Waals surface area contributed by atoms with E-state index in [4.69, 9.17) is 11.0 Å². The number of aliphatic imine (C=N–C) groups is 1. The molecule has 8 heteroatoms. The van der Waals surface area contributed by atoms with E-state index in [2.05, 4.69) is 10.3 Å². The number of thioether (sulfide) groups is 2. The summed E-state index contributed by atoms with van der Waals surface area (Å²) in [7, 11) is 0. The Balaban J connectivity index is 3.80. The molecule has 0 spiro atoms. The Bertz CT molecular complexity index is 485. The van der Waals surface area contributed by atoms with Gasteiger partial charge >= 0.3 is 0 Å². The Morgan fingerprint density at radius 3 is 2.04 bits per heavy atom. The molecule has 0 aliphatic heterocycles. The van der Waals surface area contributed by atoms with Crippen molar-refractivity contribution >= 4 is 41.7 Å². The number of rotatable bonds is 11. The summed E-state index contributed by atoms with van der Waals surface area (Å²) >= 11 is 3.61. The summed E-state index contributed by atoms with van der Waals surface area (Å²) in [6.07, 6.45) is 4.22. The summed E-state index contributed by atoms with van der Waals surface area (Å²) in [5.41, 5.74) is 4.15. The molecule has 3 N–H and O–H groups in total. The summed E-state index contributed by atoms with van der Waals surface area (Å²) in [5.74, 6) is 3.36. The first kappa shape index (κ1) is 22.8. The van der Waals surface area contributed by atoms with Crippen LogP contribution in [0.5, 0.6) is 0 Å². The van der Waals surface area contributed by atoms with Gasteiger partial charge in [0, 0.05) is 22.3 Å². The van der Waals surface area contributed by atoms with Gasteiger partial charge in [0.1, 0.15) is 0 Å². The second-order valence-electron chi connectivity index (χ2n) is 6.64. The van der Waals surface area contributed by atoms with Gasteiger partial charge in [-0.25, -0.2) is 4.99 Å². The average molecular weight is 373 g/mol. The fourth-order valence-corrected chi connectivity index (χ4v) is 4.32. The summed E-state index contributed by atoms with van der Waals surface area (Å²) in [6.45, 7) is 7.45. The zero-order chi connectivity index (χ0) is 18.6. The fourth-order valence-electron chi connectivity index (χ4n) is 1.66. The molecule has 0 aromatic heterocycles. The summed E-state index contributed by atoms with van der Waals surface area (Å²) in [6, 6.07) is 0. The molecular formula is C16H28N4O2S2. The average Bonchev–Trinajstić information content (AvgIpc) is 2.50. The van der Waals surface area contributed by atoms with Crippen LogP contribution < -0.4 is 11.1 Å². The van der Waals surface area contributed by atoms with Gasteiger partial charge in [-0.2, -0.15) is 28.8 Å². The second kappa shape index (κ2) is 11.4. The number of nitrogens with two attached hydrogens (primary N) is 1. The Morgan fingerprint density at radius 1 is 1.08 bits per heavy atom. The van der Waals surface area contributed by atoms with Crippen LogP contribution >= 0.6 is 23.5 Å². The molecule has 0 unspecified atom stereocenters. The van der Waals surface area contributed by atoms with Crippen molar-refractivity contribution in [1.82, 2.24) is 5.32 Å². The van der Waals surface area contributed by atoms with Gasteiger partial charge in [-0.05, 0) is 24.3 Å². The minimum Gasteiger partial charge on any atom is -0.390 e. The Kier molecular flexibility index (Phi) is 10.8. The maximum absolute atomic E-state index is 11.7. The Morgan fingerprint density at radius 2 is 1.58 bits per heavy atom. The van der Waals surface area contributed by atoms with Crippen molar-refractivity contribution in [3.63, 3.8) is 0 Å². The first-order valence-corrected chi connectivity index (χ1v) is 10.1. The second-order valence-corrected chi connectivity index (χ2v) is 9.09. The van der Waals surface area contributed by atoms with Crippen molar-refractivity contribution in [3.05, 3.63) is 0 Å². The van der Waals surface area contributed by atoms with Crippen LogP contribution in [0.4, 0.5) is 0 Å². The van der Waals surface area contributed by atoms with Crippen LogP contribution in [0, 0.1) is 22.3 Å². The fraction of sp³-hybridized carbons (Fsp3) is 0.750. The predicted octanol–water partition coefficient (Wildman–Crippen LogP) is 2.40. The number of carbonyl (C=O) groups is 2. The molecule has 0 aliphatic carbocycles. The monoisotopic (exact) mass is 372 g/mol. The van der Waals surface area contributed by atoms with E-state index >= 15 is 0 Å². The summed E-state index contributed by atoms with van der Waals surface area (Å²) in [5, 5.41) is 10.7. The molecule has 0 saturated carbocycles. The molecule has 24 heavy (non-hydrogen) atoms. The summed E-state index contributed by atoms with van der Waals surface area (Å²) < 4.78 is 0. The number of carbonyl (C=O) groups excluding carboxylic acids is 2. The van der Waals surface area contributed by atoms with E-state index in [1.165, 1.54) is 0 Å². The van der Waals surface area contributed by atoms with Gasteiger partial charge in [0.15, 0.2) is 6.19 Å². The van der Waals surface area contributed by atoms with Crippen LogP contribution in [0.1, 0.15) is 40.5 Å². The molecule has 6 nitrogen and oxygen atoms in total. The third-order valence-corrected chi connectivity index (χ3v) is 5.90. The first-order chi connectivity index (χ1) is 11.2.